The molecule has 0 atom stereocenters. The molecule has 0 radical (unpaired) electrons. The highest BCUT2D eigenvalue weighted by Gasteiger charge is 2.12. The molecule has 2 aromatic heterocycles. The van der Waals surface area contributed by atoms with Crippen LogP contribution in [0.5, 0.6) is 5.75 Å². The van der Waals surface area contributed by atoms with Gasteiger partial charge in [-0.25, -0.2) is 10.4 Å². The predicted octanol–water partition coefficient (Wildman–Crippen LogP) is 4.79. The average Bonchev–Trinajstić information content (AvgIpc) is 3.39. The van der Waals surface area contributed by atoms with E-state index in [4.69, 9.17) is 9.15 Å². The molecule has 9 nitrogen and oxygen atoms in total. The number of non-ortho nitro benzene ring substituents is 1. The topological polar surface area (TPSA) is 120 Å². The molecule has 162 valence electrons. The van der Waals surface area contributed by atoms with Crippen molar-refractivity contribution in [1.82, 2.24) is 10.4 Å². The lowest BCUT2D eigenvalue weighted by atomic mass is 10.2. The van der Waals surface area contributed by atoms with Gasteiger partial charge in [0.25, 0.3) is 11.6 Å². The summed E-state index contributed by atoms with van der Waals surface area (Å²) in [5.74, 6) is 0.655. The Balaban J connectivity index is 1.30. The van der Waals surface area contributed by atoms with Gasteiger partial charge in [-0.15, -0.1) is 11.3 Å². The Morgan fingerprint density at radius 3 is 2.88 bits per heavy atom. The molecule has 2 heterocycles. The molecular weight excluding hydrogens is 452 g/mol. The Kier molecular flexibility index (Phi) is 6.47. The third-order valence-electron chi connectivity index (χ3n) is 4.13. The minimum atomic E-state index is -0.433. The van der Waals surface area contributed by atoms with Crippen LogP contribution in [0.15, 0.2) is 73.5 Å². The van der Waals surface area contributed by atoms with Gasteiger partial charge in [0.2, 0.25) is 0 Å². The fourth-order valence-electron chi connectivity index (χ4n) is 2.58. The molecule has 4 aromatic rings. The summed E-state index contributed by atoms with van der Waals surface area (Å²) in [4.78, 5) is 26.8. The monoisotopic (exact) mass is 468 g/mol. The van der Waals surface area contributed by atoms with Crippen LogP contribution in [-0.4, -0.2) is 28.6 Å². The van der Waals surface area contributed by atoms with E-state index in [1.807, 2.05) is 19.1 Å². The number of thiazole rings is 1. The van der Waals surface area contributed by atoms with Crippen molar-refractivity contribution in [2.75, 3.05) is 6.61 Å². The molecule has 0 saturated carbocycles. The third-order valence-corrected chi connectivity index (χ3v) is 6.12. The summed E-state index contributed by atoms with van der Waals surface area (Å²) in [6.45, 7) is 1.81. The number of furan rings is 1. The zero-order valence-electron chi connectivity index (χ0n) is 16.7. The van der Waals surface area contributed by atoms with Crippen molar-refractivity contribution in [3.8, 4) is 5.75 Å². The lowest BCUT2D eigenvalue weighted by Gasteiger charge is -2.04. The highest BCUT2D eigenvalue weighted by atomic mass is 32.2. The summed E-state index contributed by atoms with van der Waals surface area (Å²) >= 11 is 2.64. The fourth-order valence-corrected chi connectivity index (χ4v) is 4.58. The number of hydrazone groups is 1. The van der Waals surface area contributed by atoms with Crippen LogP contribution in [0.3, 0.4) is 0 Å². The first-order chi connectivity index (χ1) is 15.5. The molecule has 0 aliphatic carbocycles. The highest BCUT2D eigenvalue weighted by Crippen LogP contribution is 2.36. The third kappa shape index (κ3) is 5.50. The number of amides is 1. The van der Waals surface area contributed by atoms with E-state index >= 15 is 0 Å². The smallest absolute Gasteiger partial charge is 0.277 e. The van der Waals surface area contributed by atoms with Gasteiger partial charge in [-0.05, 0) is 49.0 Å². The second-order valence-corrected chi connectivity index (χ2v) is 8.82. The molecule has 0 aliphatic heterocycles. The second kappa shape index (κ2) is 9.62. The first kappa shape index (κ1) is 21.5. The molecule has 0 fully saturated rings. The Labute approximate surface area is 190 Å². The summed E-state index contributed by atoms with van der Waals surface area (Å²) in [7, 11) is 0. The number of nitro benzene ring substituents is 1. The predicted molar refractivity (Wildman–Crippen MR) is 122 cm³/mol. The number of benzene rings is 2. The van der Waals surface area contributed by atoms with Crippen LogP contribution >= 0.6 is 23.1 Å². The van der Waals surface area contributed by atoms with Crippen molar-refractivity contribution in [1.29, 1.82) is 0 Å². The number of hydrogen-bond acceptors (Lipinski definition) is 9. The van der Waals surface area contributed by atoms with Gasteiger partial charge in [0, 0.05) is 12.1 Å². The van der Waals surface area contributed by atoms with Crippen molar-refractivity contribution in [3.63, 3.8) is 0 Å². The maximum absolute atomic E-state index is 11.8. The van der Waals surface area contributed by atoms with Crippen molar-refractivity contribution in [2.24, 2.45) is 5.10 Å². The number of fused-ring (bicyclic) bond motifs is 1. The van der Waals surface area contributed by atoms with Gasteiger partial charge >= 0.3 is 0 Å². The molecule has 0 bridgehead atoms. The van der Waals surface area contributed by atoms with Crippen LogP contribution < -0.4 is 10.2 Å². The van der Waals surface area contributed by atoms with E-state index in [0.29, 0.717) is 26.5 Å². The normalized spacial score (nSPS) is 11.2. The molecule has 4 rings (SSSR count). The first-order valence-corrected chi connectivity index (χ1v) is 10.9. The van der Waals surface area contributed by atoms with Crippen LogP contribution in [0, 0.1) is 17.0 Å². The largest absolute Gasteiger partial charge is 0.484 e. The van der Waals surface area contributed by atoms with E-state index in [0.717, 1.165) is 10.3 Å². The standard InChI is InChI=1S/C21H16N4O5S2/c1-13-2-5-15(6-3-13)29-12-19(26)24-22-11-16-7-9-20(30-16)32-21-23-17-8-4-14(25(27)28)10-18(17)31-21/h2-11H,12H2,1H3,(H,24,26)/b22-11-. The van der Waals surface area contributed by atoms with Crippen LogP contribution in [-0.2, 0) is 4.79 Å². The quantitative estimate of drug-likeness (QED) is 0.224. The summed E-state index contributed by atoms with van der Waals surface area (Å²) in [5.41, 5.74) is 4.20. The van der Waals surface area contributed by atoms with Gasteiger partial charge in [0.05, 0.1) is 21.4 Å². The first-order valence-electron chi connectivity index (χ1n) is 9.30. The van der Waals surface area contributed by atoms with Crippen molar-refractivity contribution in [3.05, 3.63) is 76.0 Å². The number of aromatic nitrogens is 1. The zero-order valence-corrected chi connectivity index (χ0v) is 18.3. The minimum Gasteiger partial charge on any atom is -0.484 e. The van der Waals surface area contributed by atoms with Crippen molar-refractivity contribution in [2.45, 2.75) is 16.4 Å². The molecule has 0 spiro atoms. The number of hydrogen-bond donors (Lipinski definition) is 1. The minimum absolute atomic E-state index is 0.0282. The average molecular weight is 469 g/mol. The Morgan fingerprint density at radius 1 is 1.28 bits per heavy atom. The number of ether oxygens (including phenoxy) is 1. The summed E-state index contributed by atoms with van der Waals surface area (Å²) in [6.07, 6.45) is 1.38. The molecule has 0 saturated heterocycles. The highest BCUT2D eigenvalue weighted by molar-refractivity contribution is 8.01. The molecule has 1 N–H and O–H groups in total. The van der Waals surface area contributed by atoms with Gasteiger partial charge < -0.3 is 9.15 Å². The van der Waals surface area contributed by atoms with Gasteiger partial charge in [0.1, 0.15) is 11.5 Å². The van der Waals surface area contributed by atoms with Gasteiger partial charge in [-0.1, -0.05) is 17.7 Å². The molecule has 0 aliphatic rings. The van der Waals surface area contributed by atoms with E-state index in [9.17, 15) is 14.9 Å². The van der Waals surface area contributed by atoms with Crippen LogP contribution in [0.2, 0.25) is 0 Å². The number of nitrogens with one attached hydrogen (secondary N) is 1. The Morgan fingerprint density at radius 2 is 2.09 bits per heavy atom. The van der Waals surface area contributed by atoms with Gasteiger partial charge in [0.15, 0.2) is 16.0 Å². The number of nitrogens with zero attached hydrogens (tertiary/aromatic N) is 3. The molecule has 0 unspecified atom stereocenters. The SMILES string of the molecule is Cc1ccc(OCC(=O)N/N=C\c2ccc(Sc3nc4ccc([N+](=O)[O-])cc4s3)o2)cc1. The lowest BCUT2D eigenvalue weighted by Crippen LogP contribution is -2.24. The van der Waals surface area contributed by atoms with Gasteiger partial charge in [-0.2, -0.15) is 5.10 Å². The lowest BCUT2D eigenvalue weighted by molar-refractivity contribution is -0.384. The van der Waals surface area contributed by atoms with E-state index < -0.39 is 10.8 Å². The number of carbonyl (C=O) groups excluding carboxylic acids is 1. The van der Waals surface area contributed by atoms with E-state index in [1.165, 1.54) is 41.4 Å². The maximum atomic E-state index is 11.8. The van der Waals surface area contributed by atoms with E-state index in [1.54, 1.807) is 30.3 Å². The van der Waals surface area contributed by atoms with Gasteiger partial charge in [-0.3, -0.25) is 14.9 Å². The Bertz CT molecular complexity index is 1300. The summed E-state index contributed by atoms with van der Waals surface area (Å²) in [5, 5.41) is 15.4. The van der Waals surface area contributed by atoms with Crippen LogP contribution in [0.25, 0.3) is 10.2 Å². The molecule has 2 aromatic carbocycles. The molecule has 1 amide bonds. The number of aryl methyl sites for hydroxylation is 1. The summed E-state index contributed by atoms with van der Waals surface area (Å²) < 4.78 is 12.5. The maximum Gasteiger partial charge on any atom is 0.277 e. The summed E-state index contributed by atoms with van der Waals surface area (Å²) in [6, 6.07) is 15.4. The zero-order chi connectivity index (χ0) is 22.5. The number of nitro groups is 1. The molecular formula is C21H16N4O5S2. The molecule has 32 heavy (non-hydrogen) atoms. The van der Waals surface area contributed by atoms with E-state index in [-0.39, 0.29) is 12.3 Å². The second-order valence-electron chi connectivity index (χ2n) is 6.54. The van der Waals surface area contributed by atoms with E-state index in [2.05, 4.69) is 15.5 Å². The van der Waals surface area contributed by atoms with Crippen molar-refractivity contribution < 1.29 is 18.9 Å². The fraction of sp³-hybridized carbons (Fsp3) is 0.0952. The number of carbonyl (C=O) groups is 1. The Hall–Kier alpha value is -3.70. The van der Waals surface area contributed by atoms with Crippen LogP contribution in [0.1, 0.15) is 11.3 Å². The number of rotatable bonds is 8. The van der Waals surface area contributed by atoms with Crippen molar-refractivity contribution >= 4 is 51.1 Å². The van der Waals surface area contributed by atoms with Crippen LogP contribution in [0.4, 0.5) is 5.69 Å². The molecule has 11 heteroatoms.